The lowest BCUT2D eigenvalue weighted by atomic mass is 10.1. The molecule has 2 rings (SSSR count). The summed E-state index contributed by atoms with van der Waals surface area (Å²) in [4.78, 5) is 11.8. The molecule has 2 nitrogen and oxygen atoms in total. The van der Waals surface area contributed by atoms with Crippen molar-refractivity contribution in [1.82, 2.24) is 0 Å². The Bertz CT molecular complexity index is 386. The second-order valence-electron chi connectivity index (χ2n) is 4.61. The molecule has 0 aromatic heterocycles. The van der Waals surface area contributed by atoms with Crippen LogP contribution in [0.5, 0.6) is 0 Å². The quantitative estimate of drug-likeness (QED) is 0.769. The van der Waals surface area contributed by atoms with E-state index in [9.17, 15) is 4.79 Å². The van der Waals surface area contributed by atoms with E-state index in [0.29, 0.717) is 22.7 Å². The van der Waals surface area contributed by atoms with Crippen LogP contribution in [0.15, 0.2) is 24.3 Å². The fourth-order valence-corrected chi connectivity index (χ4v) is 3.30. The van der Waals surface area contributed by atoms with E-state index in [1.807, 2.05) is 43.0 Å². The Morgan fingerprint density at radius 3 is 2.65 bits per heavy atom. The standard InChI is InChI=1S/C14H18O2S/c1-10-3-6-12(7-4-10)14(15)16-9-13-8-5-11(2)17-13/h3-4,6-7,11,13H,5,8-9H2,1-2H3/t11?,13-/m0/s1. The smallest absolute Gasteiger partial charge is 0.338 e. The molecule has 1 fully saturated rings. The first-order valence-corrected chi connectivity index (χ1v) is 6.98. The number of carbonyl (C=O) groups is 1. The van der Waals surface area contributed by atoms with Crippen LogP contribution in [0, 0.1) is 6.92 Å². The Morgan fingerprint density at radius 2 is 2.06 bits per heavy atom. The minimum Gasteiger partial charge on any atom is -0.461 e. The van der Waals surface area contributed by atoms with Gasteiger partial charge in [-0.25, -0.2) is 4.79 Å². The number of esters is 1. The fourth-order valence-electron chi connectivity index (χ4n) is 1.95. The molecular weight excluding hydrogens is 232 g/mol. The number of ether oxygens (including phenoxy) is 1. The summed E-state index contributed by atoms with van der Waals surface area (Å²) < 4.78 is 5.34. The summed E-state index contributed by atoms with van der Waals surface area (Å²) >= 11 is 1.93. The van der Waals surface area contributed by atoms with E-state index in [1.54, 1.807) is 0 Å². The van der Waals surface area contributed by atoms with Crippen molar-refractivity contribution in [2.24, 2.45) is 0 Å². The third-order valence-electron chi connectivity index (χ3n) is 3.01. The molecule has 92 valence electrons. The van der Waals surface area contributed by atoms with Gasteiger partial charge in [0.25, 0.3) is 0 Å². The van der Waals surface area contributed by atoms with E-state index in [4.69, 9.17) is 4.74 Å². The maximum absolute atomic E-state index is 11.8. The maximum atomic E-state index is 11.8. The van der Waals surface area contributed by atoms with Crippen LogP contribution in [0.2, 0.25) is 0 Å². The first-order valence-electron chi connectivity index (χ1n) is 6.04. The van der Waals surface area contributed by atoms with Gasteiger partial charge in [0, 0.05) is 10.5 Å². The van der Waals surface area contributed by atoms with Crippen LogP contribution in [-0.2, 0) is 4.74 Å². The molecule has 0 aliphatic carbocycles. The minimum atomic E-state index is -0.204. The van der Waals surface area contributed by atoms with Gasteiger partial charge in [0.05, 0.1) is 5.56 Å². The highest BCUT2D eigenvalue weighted by molar-refractivity contribution is 8.00. The van der Waals surface area contributed by atoms with Gasteiger partial charge in [0.1, 0.15) is 6.61 Å². The van der Waals surface area contributed by atoms with Crippen molar-refractivity contribution in [3.05, 3.63) is 35.4 Å². The predicted octanol–water partition coefficient (Wildman–Crippen LogP) is 3.44. The Kier molecular flexibility index (Phi) is 4.11. The molecule has 0 amide bonds. The van der Waals surface area contributed by atoms with E-state index in [-0.39, 0.29) is 5.97 Å². The fraction of sp³-hybridized carbons (Fsp3) is 0.500. The number of hydrogen-bond donors (Lipinski definition) is 0. The summed E-state index contributed by atoms with van der Waals surface area (Å²) in [5.41, 5.74) is 1.80. The summed E-state index contributed by atoms with van der Waals surface area (Å²) in [6, 6.07) is 7.51. The molecule has 1 unspecified atom stereocenters. The van der Waals surface area contributed by atoms with Gasteiger partial charge in [-0.05, 0) is 31.9 Å². The molecule has 1 saturated heterocycles. The molecular formula is C14H18O2S. The lowest BCUT2D eigenvalue weighted by Gasteiger charge is -2.10. The van der Waals surface area contributed by atoms with Crippen LogP contribution in [0.25, 0.3) is 0 Å². The highest BCUT2D eigenvalue weighted by Gasteiger charge is 2.23. The van der Waals surface area contributed by atoms with Crippen LogP contribution in [-0.4, -0.2) is 23.1 Å². The van der Waals surface area contributed by atoms with Gasteiger partial charge in [-0.3, -0.25) is 0 Å². The lowest BCUT2D eigenvalue weighted by molar-refractivity contribution is 0.0506. The van der Waals surface area contributed by atoms with Gasteiger partial charge in [-0.2, -0.15) is 11.8 Å². The molecule has 2 atom stereocenters. The summed E-state index contributed by atoms with van der Waals surface area (Å²) in [5, 5.41) is 1.19. The molecule has 1 heterocycles. The first kappa shape index (κ1) is 12.5. The maximum Gasteiger partial charge on any atom is 0.338 e. The molecule has 0 N–H and O–H groups in total. The Morgan fingerprint density at radius 1 is 1.35 bits per heavy atom. The minimum absolute atomic E-state index is 0.204. The largest absolute Gasteiger partial charge is 0.461 e. The van der Waals surface area contributed by atoms with Gasteiger partial charge in [-0.1, -0.05) is 24.6 Å². The number of benzene rings is 1. The van der Waals surface area contributed by atoms with Crippen LogP contribution in [0.1, 0.15) is 35.7 Å². The zero-order valence-corrected chi connectivity index (χ0v) is 11.1. The second kappa shape index (κ2) is 5.58. The predicted molar refractivity (Wildman–Crippen MR) is 71.5 cm³/mol. The summed E-state index contributed by atoms with van der Waals surface area (Å²) in [5.74, 6) is -0.204. The normalized spacial score (nSPS) is 23.6. The molecule has 1 aromatic rings. The van der Waals surface area contributed by atoms with Gasteiger partial charge < -0.3 is 4.74 Å². The van der Waals surface area contributed by atoms with Crippen molar-refractivity contribution in [3.8, 4) is 0 Å². The molecule has 1 aromatic carbocycles. The Balaban J connectivity index is 1.83. The highest BCUT2D eigenvalue weighted by atomic mass is 32.2. The molecule has 3 heteroatoms. The summed E-state index contributed by atoms with van der Waals surface area (Å²) in [6.45, 7) is 4.78. The summed E-state index contributed by atoms with van der Waals surface area (Å²) in [6.07, 6.45) is 2.39. The molecule has 0 bridgehead atoms. The number of thioether (sulfide) groups is 1. The molecule has 0 saturated carbocycles. The van der Waals surface area contributed by atoms with Gasteiger partial charge in [0.2, 0.25) is 0 Å². The molecule has 1 aliphatic rings. The number of rotatable bonds is 3. The topological polar surface area (TPSA) is 26.3 Å². The monoisotopic (exact) mass is 250 g/mol. The summed E-state index contributed by atoms with van der Waals surface area (Å²) in [7, 11) is 0. The van der Waals surface area contributed by atoms with Crippen molar-refractivity contribution in [3.63, 3.8) is 0 Å². The van der Waals surface area contributed by atoms with E-state index in [2.05, 4.69) is 6.92 Å². The second-order valence-corrected chi connectivity index (χ2v) is 6.35. The molecule has 0 radical (unpaired) electrons. The SMILES string of the molecule is Cc1ccc(C(=O)OC[C@@H]2CCC(C)S2)cc1. The van der Waals surface area contributed by atoms with Crippen LogP contribution in [0.4, 0.5) is 0 Å². The van der Waals surface area contributed by atoms with E-state index in [0.717, 1.165) is 12.0 Å². The van der Waals surface area contributed by atoms with E-state index < -0.39 is 0 Å². The van der Waals surface area contributed by atoms with Gasteiger partial charge in [-0.15, -0.1) is 0 Å². The Labute approximate surface area is 107 Å². The zero-order valence-electron chi connectivity index (χ0n) is 10.3. The van der Waals surface area contributed by atoms with Crippen molar-refractivity contribution in [2.45, 2.75) is 37.2 Å². The lowest BCUT2D eigenvalue weighted by Crippen LogP contribution is -2.14. The Hall–Kier alpha value is -0.960. The zero-order chi connectivity index (χ0) is 12.3. The van der Waals surface area contributed by atoms with E-state index in [1.165, 1.54) is 6.42 Å². The van der Waals surface area contributed by atoms with Crippen LogP contribution >= 0.6 is 11.8 Å². The van der Waals surface area contributed by atoms with Crippen molar-refractivity contribution in [2.75, 3.05) is 6.61 Å². The number of hydrogen-bond acceptors (Lipinski definition) is 3. The highest BCUT2D eigenvalue weighted by Crippen LogP contribution is 2.33. The molecule has 1 aliphatic heterocycles. The molecule has 17 heavy (non-hydrogen) atoms. The van der Waals surface area contributed by atoms with Gasteiger partial charge in [0.15, 0.2) is 0 Å². The van der Waals surface area contributed by atoms with Crippen molar-refractivity contribution >= 4 is 17.7 Å². The van der Waals surface area contributed by atoms with Crippen molar-refractivity contribution < 1.29 is 9.53 Å². The third kappa shape index (κ3) is 3.50. The third-order valence-corrected chi connectivity index (χ3v) is 4.46. The molecule has 0 spiro atoms. The number of carbonyl (C=O) groups excluding carboxylic acids is 1. The van der Waals surface area contributed by atoms with Crippen molar-refractivity contribution in [1.29, 1.82) is 0 Å². The average molecular weight is 250 g/mol. The average Bonchev–Trinajstić information content (AvgIpc) is 2.73. The van der Waals surface area contributed by atoms with E-state index >= 15 is 0 Å². The van der Waals surface area contributed by atoms with Gasteiger partial charge >= 0.3 is 5.97 Å². The first-order chi connectivity index (χ1) is 8.15. The van der Waals surface area contributed by atoms with Crippen LogP contribution in [0.3, 0.4) is 0 Å². The van der Waals surface area contributed by atoms with Crippen LogP contribution < -0.4 is 0 Å². The number of aryl methyl sites for hydroxylation is 1.